The van der Waals surface area contributed by atoms with Crippen LogP contribution in [0.2, 0.25) is 0 Å². The molecule has 7 nitrogen and oxygen atoms in total. The molecule has 1 fully saturated rings. The summed E-state index contributed by atoms with van der Waals surface area (Å²) in [5.41, 5.74) is 1.21. The number of nitrogens with one attached hydrogen (secondary N) is 2. The Hall–Kier alpha value is -1.77. The van der Waals surface area contributed by atoms with E-state index in [1.807, 2.05) is 0 Å². The van der Waals surface area contributed by atoms with Crippen LogP contribution in [0.15, 0.2) is 6.33 Å². The predicted molar refractivity (Wildman–Crippen MR) is 105 cm³/mol. The van der Waals surface area contributed by atoms with E-state index in [0.717, 1.165) is 42.3 Å². The van der Waals surface area contributed by atoms with Gasteiger partial charge in [0.2, 0.25) is 5.91 Å². The van der Waals surface area contributed by atoms with Crippen molar-refractivity contribution < 1.29 is 9.53 Å². The number of morpholine rings is 1. The number of amides is 1. The Balaban J connectivity index is 1.45. The van der Waals surface area contributed by atoms with Crippen molar-refractivity contribution in [1.82, 2.24) is 20.2 Å². The zero-order valence-corrected chi connectivity index (χ0v) is 16.5. The van der Waals surface area contributed by atoms with Gasteiger partial charge in [-0.2, -0.15) is 0 Å². The van der Waals surface area contributed by atoms with E-state index in [-0.39, 0.29) is 5.91 Å². The van der Waals surface area contributed by atoms with Crippen LogP contribution in [-0.4, -0.2) is 66.2 Å². The van der Waals surface area contributed by atoms with Gasteiger partial charge in [-0.25, -0.2) is 9.97 Å². The third-order valence-corrected chi connectivity index (χ3v) is 5.99. The Bertz CT molecular complexity index is 757. The van der Waals surface area contributed by atoms with Gasteiger partial charge in [0.15, 0.2) is 0 Å². The second-order valence-corrected chi connectivity index (χ2v) is 7.87. The van der Waals surface area contributed by atoms with E-state index >= 15 is 0 Å². The molecule has 142 valence electrons. The summed E-state index contributed by atoms with van der Waals surface area (Å²) in [6.07, 6.45) is 1.99. The number of anilines is 1. The van der Waals surface area contributed by atoms with Gasteiger partial charge in [-0.05, 0) is 26.3 Å². The molecule has 3 heterocycles. The molecule has 0 saturated carbocycles. The Morgan fingerprint density at radius 3 is 2.88 bits per heavy atom. The fraction of sp³-hybridized carbons (Fsp3) is 0.611. The standard InChI is InChI=1S/C18H27N5O2S/c1-12(23-6-8-25-9-7-23)10-20-15(24)4-5-19-17-16-13(2)14(3)26-18(16)22-11-21-17/h11-12H,4-10H2,1-3H3,(H,20,24)(H,19,21,22)/t12-/m1/s1. The Kier molecular flexibility index (Phi) is 6.39. The monoisotopic (exact) mass is 377 g/mol. The van der Waals surface area contributed by atoms with Crippen molar-refractivity contribution >= 4 is 33.3 Å². The fourth-order valence-electron chi connectivity index (χ4n) is 3.11. The summed E-state index contributed by atoms with van der Waals surface area (Å²) in [5, 5.41) is 7.38. The van der Waals surface area contributed by atoms with E-state index in [1.54, 1.807) is 17.7 Å². The molecule has 3 rings (SSSR count). The minimum absolute atomic E-state index is 0.0566. The molecule has 0 radical (unpaired) electrons. The SMILES string of the molecule is Cc1sc2ncnc(NCCC(=O)NC[C@@H](C)N3CCOCC3)c2c1C. The quantitative estimate of drug-likeness (QED) is 0.768. The largest absolute Gasteiger partial charge is 0.379 e. The van der Waals surface area contributed by atoms with Crippen LogP contribution >= 0.6 is 11.3 Å². The first-order valence-corrected chi connectivity index (χ1v) is 9.91. The molecule has 0 spiro atoms. The van der Waals surface area contributed by atoms with Crippen molar-refractivity contribution in [2.75, 3.05) is 44.7 Å². The van der Waals surface area contributed by atoms with Gasteiger partial charge in [-0.15, -0.1) is 11.3 Å². The van der Waals surface area contributed by atoms with Crippen LogP contribution in [0.25, 0.3) is 10.2 Å². The molecule has 1 aliphatic heterocycles. The summed E-state index contributed by atoms with van der Waals surface area (Å²) in [6.45, 7) is 11.0. The van der Waals surface area contributed by atoms with Crippen LogP contribution in [0, 0.1) is 13.8 Å². The first-order chi connectivity index (χ1) is 12.6. The summed E-state index contributed by atoms with van der Waals surface area (Å²) >= 11 is 1.67. The molecule has 0 unspecified atom stereocenters. The van der Waals surface area contributed by atoms with Crippen molar-refractivity contribution in [3.8, 4) is 0 Å². The van der Waals surface area contributed by atoms with E-state index in [2.05, 4.69) is 46.3 Å². The number of fused-ring (bicyclic) bond motifs is 1. The highest BCUT2D eigenvalue weighted by atomic mass is 32.1. The number of hydrogen-bond acceptors (Lipinski definition) is 7. The molecule has 0 bridgehead atoms. The maximum atomic E-state index is 12.1. The molecule has 1 aliphatic rings. The number of nitrogens with zero attached hydrogens (tertiary/aromatic N) is 3. The second kappa shape index (κ2) is 8.75. The minimum Gasteiger partial charge on any atom is -0.379 e. The van der Waals surface area contributed by atoms with E-state index in [1.165, 1.54) is 10.4 Å². The van der Waals surface area contributed by atoms with Crippen molar-refractivity contribution in [3.63, 3.8) is 0 Å². The highest BCUT2D eigenvalue weighted by Crippen LogP contribution is 2.32. The minimum atomic E-state index is 0.0566. The van der Waals surface area contributed by atoms with Crippen LogP contribution < -0.4 is 10.6 Å². The van der Waals surface area contributed by atoms with E-state index in [9.17, 15) is 4.79 Å². The first-order valence-electron chi connectivity index (χ1n) is 9.09. The Morgan fingerprint density at radius 2 is 2.12 bits per heavy atom. The highest BCUT2D eigenvalue weighted by molar-refractivity contribution is 7.18. The number of ether oxygens (including phenoxy) is 1. The van der Waals surface area contributed by atoms with Crippen molar-refractivity contribution in [2.45, 2.75) is 33.2 Å². The lowest BCUT2D eigenvalue weighted by molar-refractivity contribution is -0.121. The van der Waals surface area contributed by atoms with Gasteiger partial charge in [-0.3, -0.25) is 9.69 Å². The Labute approximate surface area is 158 Å². The van der Waals surface area contributed by atoms with Crippen LogP contribution in [-0.2, 0) is 9.53 Å². The smallest absolute Gasteiger partial charge is 0.221 e. The Morgan fingerprint density at radius 1 is 1.35 bits per heavy atom. The fourth-order valence-corrected chi connectivity index (χ4v) is 4.10. The molecule has 2 N–H and O–H groups in total. The van der Waals surface area contributed by atoms with Crippen molar-refractivity contribution in [3.05, 3.63) is 16.8 Å². The molecule has 8 heteroatoms. The summed E-state index contributed by atoms with van der Waals surface area (Å²) in [7, 11) is 0. The molecular formula is C18H27N5O2S. The summed E-state index contributed by atoms with van der Waals surface area (Å²) in [5.74, 6) is 0.868. The molecule has 0 aliphatic carbocycles. The maximum absolute atomic E-state index is 12.1. The van der Waals surface area contributed by atoms with Gasteiger partial charge in [0.05, 0.1) is 18.6 Å². The number of aryl methyl sites for hydroxylation is 2. The maximum Gasteiger partial charge on any atom is 0.221 e. The number of carbonyl (C=O) groups excluding carboxylic acids is 1. The summed E-state index contributed by atoms with van der Waals surface area (Å²) in [4.78, 5) is 25.4. The van der Waals surface area contributed by atoms with Crippen LogP contribution in [0.5, 0.6) is 0 Å². The molecule has 1 saturated heterocycles. The lowest BCUT2D eigenvalue weighted by Gasteiger charge is -2.32. The predicted octanol–water partition coefficient (Wildman–Crippen LogP) is 1.95. The first kappa shape index (κ1) is 19.0. The highest BCUT2D eigenvalue weighted by Gasteiger charge is 2.17. The van der Waals surface area contributed by atoms with Crippen molar-refractivity contribution in [2.24, 2.45) is 0 Å². The molecule has 0 aromatic carbocycles. The van der Waals surface area contributed by atoms with E-state index in [0.29, 0.717) is 25.6 Å². The van der Waals surface area contributed by atoms with Gasteiger partial charge >= 0.3 is 0 Å². The van der Waals surface area contributed by atoms with Crippen LogP contribution in [0.4, 0.5) is 5.82 Å². The lowest BCUT2D eigenvalue weighted by Crippen LogP contribution is -2.47. The number of carbonyl (C=O) groups is 1. The zero-order valence-electron chi connectivity index (χ0n) is 15.7. The molecule has 26 heavy (non-hydrogen) atoms. The van der Waals surface area contributed by atoms with Gasteiger partial charge in [0, 0.05) is 43.5 Å². The average Bonchev–Trinajstić information content (AvgIpc) is 2.95. The number of rotatable bonds is 7. The molecule has 1 atom stereocenters. The molecular weight excluding hydrogens is 350 g/mol. The second-order valence-electron chi connectivity index (χ2n) is 6.66. The number of hydrogen-bond donors (Lipinski definition) is 2. The van der Waals surface area contributed by atoms with Crippen LogP contribution in [0.1, 0.15) is 23.8 Å². The number of thiophene rings is 1. The average molecular weight is 378 g/mol. The lowest BCUT2D eigenvalue weighted by atomic mass is 10.2. The van der Waals surface area contributed by atoms with Crippen LogP contribution in [0.3, 0.4) is 0 Å². The van der Waals surface area contributed by atoms with Gasteiger partial charge in [-0.1, -0.05) is 0 Å². The van der Waals surface area contributed by atoms with Gasteiger partial charge in [0.1, 0.15) is 17.0 Å². The third-order valence-electron chi connectivity index (χ3n) is 4.87. The van der Waals surface area contributed by atoms with Gasteiger partial charge < -0.3 is 15.4 Å². The molecule has 2 aromatic rings. The zero-order chi connectivity index (χ0) is 18.5. The van der Waals surface area contributed by atoms with E-state index in [4.69, 9.17) is 4.74 Å². The molecule has 2 aromatic heterocycles. The topological polar surface area (TPSA) is 79.4 Å². The summed E-state index contributed by atoms with van der Waals surface area (Å²) < 4.78 is 5.36. The normalized spacial score (nSPS) is 16.6. The number of aromatic nitrogens is 2. The summed E-state index contributed by atoms with van der Waals surface area (Å²) in [6, 6.07) is 0.328. The van der Waals surface area contributed by atoms with Gasteiger partial charge in [0.25, 0.3) is 0 Å². The van der Waals surface area contributed by atoms with E-state index < -0.39 is 0 Å². The molecule has 1 amide bonds. The third kappa shape index (κ3) is 4.49. The van der Waals surface area contributed by atoms with Crippen molar-refractivity contribution in [1.29, 1.82) is 0 Å².